The normalized spacial score (nSPS) is 19.8. The number of amidine groups is 1. The summed E-state index contributed by atoms with van der Waals surface area (Å²) in [5, 5.41) is 0.526. The number of aliphatic imine (C=N–C) groups is 1. The van der Waals surface area contributed by atoms with E-state index in [1.165, 1.54) is 24.2 Å². The van der Waals surface area contributed by atoms with E-state index in [9.17, 15) is 9.18 Å². The van der Waals surface area contributed by atoms with Crippen LogP contribution in [0, 0.1) is 5.82 Å². The molecule has 1 amide bonds. The summed E-state index contributed by atoms with van der Waals surface area (Å²) in [7, 11) is 3.14. The van der Waals surface area contributed by atoms with Gasteiger partial charge < -0.3 is 9.47 Å². The first kappa shape index (κ1) is 22.9. The monoisotopic (exact) mass is 518 g/mol. The maximum atomic E-state index is 14.3. The number of benzene rings is 2. The van der Waals surface area contributed by atoms with E-state index in [1.807, 2.05) is 18.2 Å². The molecule has 2 fully saturated rings. The first-order valence-corrected chi connectivity index (χ1v) is 12.1. The minimum atomic E-state index is -0.405. The van der Waals surface area contributed by atoms with Crippen molar-refractivity contribution in [3.63, 3.8) is 0 Å². The van der Waals surface area contributed by atoms with Crippen LogP contribution in [0.15, 0.2) is 50.8 Å². The molecule has 0 bridgehead atoms. The average molecular weight is 519 g/mol. The largest absolute Gasteiger partial charge is 0.493 e. The Kier molecular flexibility index (Phi) is 7.20. The summed E-state index contributed by atoms with van der Waals surface area (Å²) in [6.07, 6.45) is 7.00. The third-order valence-corrected chi connectivity index (χ3v) is 7.17. The molecule has 0 spiro atoms. The van der Waals surface area contributed by atoms with E-state index in [-0.39, 0.29) is 17.6 Å². The molecule has 5 nitrogen and oxygen atoms in total. The number of ether oxygens (including phenoxy) is 2. The molecule has 1 saturated carbocycles. The fourth-order valence-corrected chi connectivity index (χ4v) is 5.72. The number of rotatable bonds is 5. The Morgan fingerprint density at radius 3 is 2.59 bits per heavy atom. The molecule has 168 valence electrons. The van der Waals surface area contributed by atoms with Crippen LogP contribution >= 0.6 is 27.7 Å². The lowest BCUT2D eigenvalue weighted by molar-refractivity contribution is -0.124. The van der Waals surface area contributed by atoms with Crippen molar-refractivity contribution in [3.8, 4) is 11.5 Å². The van der Waals surface area contributed by atoms with Gasteiger partial charge >= 0.3 is 0 Å². The van der Waals surface area contributed by atoms with Gasteiger partial charge in [-0.3, -0.25) is 9.69 Å². The number of hydrogen-bond donors (Lipinski definition) is 0. The lowest BCUT2D eigenvalue weighted by Crippen LogP contribution is -2.40. The van der Waals surface area contributed by atoms with E-state index in [4.69, 9.17) is 9.47 Å². The summed E-state index contributed by atoms with van der Waals surface area (Å²) >= 11 is 4.78. The second-order valence-corrected chi connectivity index (χ2v) is 9.53. The molecule has 1 aliphatic heterocycles. The molecule has 0 radical (unpaired) electrons. The molecule has 0 aromatic heterocycles. The molecule has 2 aromatic rings. The summed E-state index contributed by atoms with van der Waals surface area (Å²) in [6.45, 7) is 0. The van der Waals surface area contributed by atoms with Gasteiger partial charge in [-0.25, -0.2) is 9.38 Å². The zero-order valence-electron chi connectivity index (χ0n) is 17.9. The quantitative estimate of drug-likeness (QED) is 0.421. The van der Waals surface area contributed by atoms with E-state index in [2.05, 4.69) is 20.9 Å². The predicted octanol–water partition coefficient (Wildman–Crippen LogP) is 6.54. The Morgan fingerprint density at radius 1 is 1.16 bits per heavy atom. The van der Waals surface area contributed by atoms with Crippen molar-refractivity contribution in [2.45, 2.75) is 38.1 Å². The first-order valence-electron chi connectivity index (χ1n) is 10.5. The highest BCUT2D eigenvalue weighted by Crippen LogP contribution is 2.41. The van der Waals surface area contributed by atoms with Crippen molar-refractivity contribution in [2.75, 3.05) is 14.2 Å². The van der Waals surface area contributed by atoms with Crippen LogP contribution in [-0.2, 0) is 4.79 Å². The average Bonchev–Trinajstić information content (AvgIpc) is 3.10. The number of para-hydroxylation sites is 1. The van der Waals surface area contributed by atoms with Gasteiger partial charge in [0.05, 0.1) is 23.6 Å². The van der Waals surface area contributed by atoms with Gasteiger partial charge in [0.15, 0.2) is 16.7 Å². The molecule has 1 saturated heterocycles. The van der Waals surface area contributed by atoms with Crippen LogP contribution in [-0.4, -0.2) is 36.2 Å². The number of halogens is 2. The molecule has 2 aliphatic rings. The third kappa shape index (κ3) is 4.71. The number of carbonyl (C=O) groups excluding carboxylic acids is 1. The van der Waals surface area contributed by atoms with Gasteiger partial charge in [0, 0.05) is 6.04 Å². The molecular formula is C24H24BrFN2O3S. The van der Waals surface area contributed by atoms with Gasteiger partial charge in [-0.15, -0.1) is 0 Å². The summed E-state index contributed by atoms with van der Waals surface area (Å²) in [6, 6.07) is 10.2. The molecule has 0 N–H and O–H groups in total. The number of amides is 1. The van der Waals surface area contributed by atoms with E-state index >= 15 is 0 Å². The standard InChI is InChI=1S/C24H24BrFN2O3S/c1-30-20-13-15(12-17(25)22(20)31-2)14-21-23(29)28(16-8-4-3-5-9-16)24(32-21)27-19-11-7-6-10-18(19)26/h6-7,10-14,16H,3-5,8-9H2,1-2H3/b21-14-,27-24?. The smallest absolute Gasteiger partial charge is 0.267 e. The highest BCUT2D eigenvalue weighted by atomic mass is 79.9. The van der Waals surface area contributed by atoms with Crippen LogP contribution in [0.25, 0.3) is 6.08 Å². The van der Waals surface area contributed by atoms with Crippen molar-refractivity contribution in [1.29, 1.82) is 0 Å². The van der Waals surface area contributed by atoms with Gasteiger partial charge in [-0.1, -0.05) is 31.4 Å². The van der Waals surface area contributed by atoms with Crippen LogP contribution in [0.5, 0.6) is 11.5 Å². The number of methoxy groups -OCH3 is 2. The van der Waals surface area contributed by atoms with E-state index in [0.717, 1.165) is 35.7 Å². The van der Waals surface area contributed by atoms with Crippen LogP contribution in [0.1, 0.15) is 37.7 Å². The SMILES string of the molecule is COc1cc(/C=C2\SC(=Nc3ccccc3F)N(C3CCCCC3)C2=O)cc(Br)c1OC. The number of carbonyl (C=O) groups is 1. The minimum absolute atomic E-state index is 0.0808. The van der Waals surface area contributed by atoms with Gasteiger partial charge in [0.1, 0.15) is 11.5 Å². The molecule has 0 unspecified atom stereocenters. The maximum Gasteiger partial charge on any atom is 0.267 e. The third-order valence-electron chi connectivity index (χ3n) is 5.60. The Morgan fingerprint density at radius 2 is 1.91 bits per heavy atom. The molecule has 8 heteroatoms. The van der Waals surface area contributed by atoms with Gasteiger partial charge in [0.2, 0.25) is 0 Å². The zero-order valence-corrected chi connectivity index (χ0v) is 20.3. The molecule has 0 atom stereocenters. The highest BCUT2D eigenvalue weighted by molar-refractivity contribution is 9.10. The van der Waals surface area contributed by atoms with E-state index in [0.29, 0.717) is 21.6 Å². The van der Waals surface area contributed by atoms with Crippen LogP contribution in [0.4, 0.5) is 10.1 Å². The Labute approximate surface area is 199 Å². The van der Waals surface area contributed by atoms with Gasteiger partial charge in [0.25, 0.3) is 5.91 Å². The predicted molar refractivity (Wildman–Crippen MR) is 130 cm³/mol. The van der Waals surface area contributed by atoms with Gasteiger partial charge in [-0.05, 0) is 76.4 Å². The number of hydrogen-bond acceptors (Lipinski definition) is 5. The van der Waals surface area contributed by atoms with Crippen LogP contribution in [0.3, 0.4) is 0 Å². The van der Waals surface area contributed by atoms with Crippen LogP contribution in [0.2, 0.25) is 0 Å². The summed E-state index contributed by atoms with van der Waals surface area (Å²) in [5.41, 5.74) is 1.03. The van der Waals surface area contributed by atoms with E-state index < -0.39 is 5.82 Å². The Bertz CT molecular complexity index is 1080. The molecule has 1 aliphatic carbocycles. The summed E-state index contributed by atoms with van der Waals surface area (Å²) in [5.74, 6) is 0.653. The lowest BCUT2D eigenvalue weighted by atomic mass is 9.94. The highest BCUT2D eigenvalue weighted by Gasteiger charge is 2.38. The van der Waals surface area contributed by atoms with Crippen LogP contribution < -0.4 is 9.47 Å². The zero-order chi connectivity index (χ0) is 22.7. The van der Waals surface area contributed by atoms with Crippen molar-refractivity contribution in [3.05, 3.63) is 57.2 Å². The molecule has 4 rings (SSSR count). The van der Waals surface area contributed by atoms with Crippen molar-refractivity contribution < 1.29 is 18.7 Å². The van der Waals surface area contributed by atoms with E-state index in [1.54, 1.807) is 37.3 Å². The Balaban J connectivity index is 1.74. The lowest BCUT2D eigenvalue weighted by Gasteiger charge is -2.30. The molecule has 1 heterocycles. The molecular weight excluding hydrogens is 495 g/mol. The maximum absolute atomic E-state index is 14.3. The summed E-state index contributed by atoms with van der Waals surface area (Å²) in [4.78, 5) is 20.3. The fourth-order valence-electron chi connectivity index (χ4n) is 4.04. The number of nitrogens with zero attached hydrogens (tertiary/aromatic N) is 2. The van der Waals surface area contributed by atoms with Crippen molar-refractivity contribution in [2.24, 2.45) is 4.99 Å². The van der Waals surface area contributed by atoms with Crippen molar-refractivity contribution in [1.82, 2.24) is 4.90 Å². The van der Waals surface area contributed by atoms with Gasteiger partial charge in [-0.2, -0.15) is 0 Å². The fraction of sp³-hybridized carbons (Fsp3) is 0.333. The Hall–Kier alpha value is -2.32. The summed E-state index contributed by atoms with van der Waals surface area (Å²) < 4.78 is 25.8. The second-order valence-electron chi connectivity index (χ2n) is 7.66. The second kappa shape index (κ2) is 10.1. The molecule has 2 aromatic carbocycles. The minimum Gasteiger partial charge on any atom is -0.493 e. The topological polar surface area (TPSA) is 51.1 Å². The van der Waals surface area contributed by atoms with Crippen molar-refractivity contribution >= 4 is 50.5 Å². The number of thioether (sulfide) groups is 1. The first-order chi connectivity index (χ1) is 15.5. The molecule has 32 heavy (non-hydrogen) atoms.